The SMILES string of the molecule is N#CCOc1ccc(CNC2CC2)cc1F. The fourth-order valence-corrected chi connectivity index (χ4v) is 1.43. The highest BCUT2D eigenvalue weighted by Gasteiger charge is 2.20. The molecule has 0 atom stereocenters. The van der Waals surface area contributed by atoms with Crippen LogP contribution in [0.3, 0.4) is 0 Å². The summed E-state index contributed by atoms with van der Waals surface area (Å²) in [4.78, 5) is 0. The van der Waals surface area contributed by atoms with E-state index in [1.807, 2.05) is 6.07 Å². The summed E-state index contributed by atoms with van der Waals surface area (Å²) in [5.41, 5.74) is 0.897. The molecule has 1 saturated carbocycles. The molecule has 0 aliphatic heterocycles. The van der Waals surface area contributed by atoms with Crippen molar-refractivity contribution in [2.24, 2.45) is 0 Å². The van der Waals surface area contributed by atoms with Gasteiger partial charge < -0.3 is 10.1 Å². The Labute approximate surface area is 93.8 Å². The van der Waals surface area contributed by atoms with Gasteiger partial charge in [-0.25, -0.2) is 4.39 Å². The molecule has 1 aliphatic carbocycles. The van der Waals surface area contributed by atoms with Crippen molar-refractivity contribution in [3.8, 4) is 11.8 Å². The predicted molar refractivity (Wildman–Crippen MR) is 57.4 cm³/mol. The zero-order valence-corrected chi connectivity index (χ0v) is 8.87. The molecule has 0 heterocycles. The Hall–Kier alpha value is -1.60. The minimum Gasteiger partial charge on any atom is -0.476 e. The predicted octanol–water partition coefficient (Wildman–Crippen LogP) is 1.98. The topological polar surface area (TPSA) is 45.0 Å². The molecule has 0 radical (unpaired) electrons. The lowest BCUT2D eigenvalue weighted by molar-refractivity contribution is 0.346. The van der Waals surface area contributed by atoms with Crippen molar-refractivity contribution >= 4 is 0 Å². The summed E-state index contributed by atoms with van der Waals surface area (Å²) in [5, 5.41) is 11.6. The molecule has 0 saturated heterocycles. The largest absolute Gasteiger partial charge is 0.476 e. The molecule has 1 aromatic carbocycles. The number of hydrogen-bond acceptors (Lipinski definition) is 3. The molecule has 1 aliphatic rings. The van der Waals surface area contributed by atoms with Crippen LogP contribution < -0.4 is 10.1 Å². The summed E-state index contributed by atoms with van der Waals surface area (Å²) in [5.74, 6) is -0.276. The van der Waals surface area contributed by atoms with Gasteiger partial charge in [0.05, 0.1) is 0 Å². The molecular weight excluding hydrogens is 207 g/mol. The normalized spacial score (nSPS) is 14.5. The average molecular weight is 220 g/mol. The number of rotatable bonds is 5. The molecule has 0 spiro atoms. The van der Waals surface area contributed by atoms with Crippen LogP contribution in [-0.4, -0.2) is 12.6 Å². The summed E-state index contributed by atoms with van der Waals surface area (Å²) in [7, 11) is 0. The van der Waals surface area contributed by atoms with Crippen LogP contribution in [0.5, 0.6) is 5.75 Å². The number of halogens is 1. The number of nitriles is 1. The maximum atomic E-state index is 13.5. The van der Waals surface area contributed by atoms with Gasteiger partial charge in [-0.2, -0.15) is 5.26 Å². The van der Waals surface area contributed by atoms with Gasteiger partial charge in [0.2, 0.25) is 0 Å². The van der Waals surface area contributed by atoms with E-state index >= 15 is 0 Å². The monoisotopic (exact) mass is 220 g/mol. The molecule has 2 rings (SSSR count). The van der Waals surface area contributed by atoms with E-state index in [9.17, 15) is 4.39 Å². The quantitative estimate of drug-likeness (QED) is 0.825. The summed E-state index contributed by atoms with van der Waals surface area (Å²) in [6, 6.07) is 7.24. The van der Waals surface area contributed by atoms with E-state index in [0.29, 0.717) is 12.6 Å². The first kappa shape index (κ1) is 10.9. The fourth-order valence-electron chi connectivity index (χ4n) is 1.43. The van der Waals surface area contributed by atoms with Crippen LogP contribution >= 0.6 is 0 Å². The third-order valence-corrected chi connectivity index (χ3v) is 2.46. The Morgan fingerprint density at radius 3 is 2.94 bits per heavy atom. The van der Waals surface area contributed by atoms with Crippen LogP contribution in [0.2, 0.25) is 0 Å². The van der Waals surface area contributed by atoms with Gasteiger partial charge in [-0.15, -0.1) is 0 Å². The second-order valence-corrected chi connectivity index (χ2v) is 3.87. The zero-order chi connectivity index (χ0) is 11.4. The molecule has 4 heteroatoms. The minimum absolute atomic E-state index is 0.128. The highest BCUT2D eigenvalue weighted by molar-refractivity contribution is 5.29. The molecule has 1 aromatic rings. The molecule has 84 valence electrons. The Balaban J connectivity index is 1.94. The van der Waals surface area contributed by atoms with Gasteiger partial charge in [0.25, 0.3) is 0 Å². The van der Waals surface area contributed by atoms with Crippen LogP contribution in [0.4, 0.5) is 4.39 Å². The number of nitrogens with one attached hydrogen (secondary N) is 1. The van der Waals surface area contributed by atoms with Crippen molar-refractivity contribution in [2.45, 2.75) is 25.4 Å². The van der Waals surface area contributed by atoms with Gasteiger partial charge in [0, 0.05) is 12.6 Å². The van der Waals surface area contributed by atoms with Crippen LogP contribution in [-0.2, 0) is 6.54 Å². The highest BCUT2D eigenvalue weighted by Crippen LogP contribution is 2.21. The minimum atomic E-state index is -0.412. The van der Waals surface area contributed by atoms with E-state index in [1.54, 1.807) is 12.1 Å². The molecule has 3 nitrogen and oxygen atoms in total. The molecule has 0 unspecified atom stereocenters. The van der Waals surface area contributed by atoms with E-state index < -0.39 is 5.82 Å². The molecule has 1 fully saturated rings. The first-order valence-electron chi connectivity index (χ1n) is 5.31. The van der Waals surface area contributed by atoms with E-state index in [4.69, 9.17) is 10.00 Å². The molecule has 16 heavy (non-hydrogen) atoms. The Morgan fingerprint density at radius 2 is 2.31 bits per heavy atom. The summed E-state index contributed by atoms with van der Waals surface area (Å²) in [6.07, 6.45) is 2.43. The van der Waals surface area contributed by atoms with Crippen molar-refractivity contribution in [1.82, 2.24) is 5.32 Å². The molecule has 1 N–H and O–H groups in total. The number of nitrogens with zero attached hydrogens (tertiary/aromatic N) is 1. The Morgan fingerprint density at radius 1 is 1.50 bits per heavy atom. The third kappa shape index (κ3) is 2.94. The highest BCUT2D eigenvalue weighted by atomic mass is 19.1. The number of benzene rings is 1. The van der Waals surface area contributed by atoms with Crippen molar-refractivity contribution in [3.63, 3.8) is 0 Å². The van der Waals surface area contributed by atoms with Crippen molar-refractivity contribution < 1.29 is 9.13 Å². The van der Waals surface area contributed by atoms with E-state index in [1.165, 1.54) is 18.9 Å². The maximum Gasteiger partial charge on any atom is 0.174 e. The summed E-state index contributed by atoms with van der Waals surface area (Å²) >= 11 is 0. The fraction of sp³-hybridized carbons (Fsp3) is 0.417. The Bertz CT molecular complexity index is 410. The summed E-state index contributed by atoms with van der Waals surface area (Å²) < 4.78 is 18.4. The Kier molecular flexibility index (Phi) is 3.37. The number of ether oxygens (including phenoxy) is 1. The van der Waals surface area contributed by atoms with Crippen LogP contribution in [0.15, 0.2) is 18.2 Å². The van der Waals surface area contributed by atoms with Crippen molar-refractivity contribution in [1.29, 1.82) is 5.26 Å². The van der Waals surface area contributed by atoms with E-state index in [-0.39, 0.29) is 12.4 Å². The second-order valence-electron chi connectivity index (χ2n) is 3.87. The van der Waals surface area contributed by atoms with Gasteiger partial charge >= 0.3 is 0 Å². The summed E-state index contributed by atoms with van der Waals surface area (Å²) in [6.45, 7) is 0.552. The zero-order valence-electron chi connectivity index (χ0n) is 8.87. The molecule has 0 aromatic heterocycles. The van der Waals surface area contributed by atoms with Gasteiger partial charge in [-0.3, -0.25) is 0 Å². The molecular formula is C12H13FN2O. The standard InChI is InChI=1S/C12H13FN2O/c13-11-7-9(8-15-10-2-3-10)1-4-12(11)16-6-5-14/h1,4,7,10,15H,2-3,6,8H2. The van der Waals surface area contributed by atoms with Crippen LogP contribution in [0, 0.1) is 17.1 Å². The first-order valence-corrected chi connectivity index (χ1v) is 5.31. The van der Waals surface area contributed by atoms with Gasteiger partial charge in [0.15, 0.2) is 18.2 Å². The van der Waals surface area contributed by atoms with E-state index in [2.05, 4.69) is 5.32 Å². The lowest BCUT2D eigenvalue weighted by Crippen LogP contribution is -2.15. The lowest BCUT2D eigenvalue weighted by atomic mass is 10.2. The molecule has 0 amide bonds. The maximum absolute atomic E-state index is 13.5. The van der Waals surface area contributed by atoms with Crippen LogP contribution in [0.1, 0.15) is 18.4 Å². The molecule has 0 bridgehead atoms. The number of hydrogen-bond donors (Lipinski definition) is 1. The van der Waals surface area contributed by atoms with Gasteiger partial charge in [0.1, 0.15) is 6.07 Å². The smallest absolute Gasteiger partial charge is 0.174 e. The third-order valence-electron chi connectivity index (χ3n) is 2.46. The van der Waals surface area contributed by atoms with Gasteiger partial charge in [-0.1, -0.05) is 6.07 Å². The van der Waals surface area contributed by atoms with Crippen LogP contribution in [0.25, 0.3) is 0 Å². The van der Waals surface area contributed by atoms with Crippen molar-refractivity contribution in [3.05, 3.63) is 29.6 Å². The van der Waals surface area contributed by atoms with Gasteiger partial charge in [-0.05, 0) is 30.5 Å². The first-order chi connectivity index (χ1) is 7.79. The second kappa shape index (κ2) is 4.95. The van der Waals surface area contributed by atoms with E-state index in [0.717, 1.165) is 5.56 Å². The van der Waals surface area contributed by atoms with Crippen molar-refractivity contribution in [2.75, 3.05) is 6.61 Å². The lowest BCUT2D eigenvalue weighted by Gasteiger charge is -2.06. The average Bonchev–Trinajstić information content (AvgIpc) is 3.09.